The lowest BCUT2D eigenvalue weighted by Gasteiger charge is -2.30. The van der Waals surface area contributed by atoms with E-state index in [0.717, 1.165) is 17.7 Å². The Morgan fingerprint density at radius 2 is 2.05 bits per heavy atom. The fourth-order valence-electron chi connectivity index (χ4n) is 1.91. The Hall–Kier alpha value is -2.79. The van der Waals surface area contributed by atoms with Gasteiger partial charge < -0.3 is 9.64 Å². The highest BCUT2D eigenvalue weighted by Gasteiger charge is 2.23. The van der Waals surface area contributed by atoms with E-state index in [0.29, 0.717) is 6.61 Å². The van der Waals surface area contributed by atoms with E-state index in [2.05, 4.69) is 0 Å². The summed E-state index contributed by atoms with van der Waals surface area (Å²) in [7, 11) is 0. The van der Waals surface area contributed by atoms with Crippen molar-refractivity contribution >= 4 is 5.97 Å². The van der Waals surface area contributed by atoms with Gasteiger partial charge in [-0.1, -0.05) is 13.0 Å². The van der Waals surface area contributed by atoms with Gasteiger partial charge in [0.15, 0.2) is 0 Å². The Bertz CT molecular complexity index is 611. The van der Waals surface area contributed by atoms with Gasteiger partial charge in [0.25, 0.3) is 0 Å². The minimum Gasteiger partial charge on any atom is -0.464 e. The molecule has 22 heavy (non-hydrogen) atoms. The topological polar surface area (TPSA) is 77.1 Å². The molecular weight excluding hydrogens is 278 g/mol. The molecule has 1 rings (SSSR count). The fraction of sp³-hybridized carbons (Fsp3) is 0.353. The van der Waals surface area contributed by atoms with Crippen LogP contribution in [-0.2, 0) is 9.53 Å². The van der Waals surface area contributed by atoms with Gasteiger partial charge in [0.05, 0.1) is 6.61 Å². The van der Waals surface area contributed by atoms with Crippen LogP contribution in [0.15, 0.2) is 47.3 Å². The predicted molar refractivity (Wildman–Crippen MR) is 82.8 cm³/mol. The smallest absolute Gasteiger partial charge is 0.328 e. The van der Waals surface area contributed by atoms with Crippen LogP contribution in [0.25, 0.3) is 0 Å². The van der Waals surface area contributed by atoms with Gasteiger partial charge >= 0.3 is 5.97 Å². The molecule has 0 amide bonds. The first-order valence-corrected chi connectivity index (χ1v) is 7.13. The summed E-state index contributed by atoms with van der Waals surface area (Å²) >= 11 is 0. The van der Waals surface area contributed by atoms with Crippen molar-refractivity contribution in [2.45, 2.75) is 33.2 Å². The SMILES string of the molecule is CCOC(=O)C(C)N1C=C(CC)C=C/C1=C\C=C(C#N)C#N. The molecule has 0 bridgehead atoms. The average molecular weight is 297 g/mol. The number of nitrogens with zero attached hydrogens (tertiary/aromatic N) is 3. The molecule has 5 nitrogen and oxygen atoms in total. The molecule has 0 fully saturated rings. The molecule has 0 aromatic heterocycles. The van der Waals surface area contributed by atoms with E-state index in [9.17, 15) is 4.79 Å². The summed E-state index contributed by atoms with van der Waals surface area (Å²) < 4.78 is 5.06. The summed E-state index contributed by atoms with van der Waals surface area (Å²) in [4.78, 5) is 13.8. The maximum absolute atomic E-state index is 12.0. The number of nitriles is 2. The number of rotatable bonds is 5. The molecule has 0 N–H and O–H groups in total. The molecule has 0 aliphatic carbocycles. The lowest BCUT2D eigenvalue weighted by Crippen LogP contribution is -2.36. The van der Waals surface area contributed by atoms with Crippen molar-refractivity contribution in [3.63, 3.8) is 0 Å². The molecule has 1 atom stereocenters. The van der Waals surface area contributed by atoms with Gasteiger partial charge in [-0.25, -0.2) is 4.79 Å². The van der Waals surface area contributed by atoms with Crippen LogP contribution in [-0.4, -0.2) is 23.5 Å². The van der Waals surface area contributed by atoms with Gasteiger partial charge in [-0.05, 0) is 44.1 Å². The Balaban J connectivity index is 3.13. The lowest BCUT2D eigenvalue weighted by molar-refractivity contribution is -0.147. The minimum absolute atomic E-state index is 0.00917. The Kier molecular flexibility index (Phi) is 6.66. The van der Waals surface area contributed by atoms with Crippen LogP contribution < -0.4 is 0 Å². The molecule has 1 aliphatic rings. The van der Waals surface area contributed by atoms with Crippen molar-refractivity contribution in [2.75, 3.05) is 6.61 Å². The molecule has 1 unspecified atom stereocenters. The molecule has 5 heteroatoms. The Labute approximate surface area is 131 Å². The van der Waals surface area contributed by atoms with Crippen LogP contribution in [0.5, 0.6) is 0 Å². The van der Waals surface area contributed by atoms with Gasteiger partial charge in [0.1, 0.15) is 23.8 Å². The minimum atomic E-state index is -0.487. The number of hydrogen-bond acceptors (Lipinski definition) is 5. The molecule has 0 saturated carbocycles. The third-order valence-electron chi connectivity index (χ3n) is 3.19. The van der Waals surface area contributed by atoms with Crippen LogP contribution in [0.1, 0.15) is 27.2 Å². The number of carbonyl (C=O) groups is 1. The quantitative estimate of drug-likeness (QED) is 0.576. The Morgan fingerprint density at radius 3 is 2.59 bits per heavy atom. The van der Waals surface area contributed by atoms with Crippen LogP contribution in [0.3, 0.4) is 0 Å². The monoisotopic (exact) mass is 297 g/mol. The maximum atomic E-state index is 12.0. The average Bonchev–Trinajstić information content (AvgIpc) is 2.55. The second kappa shape index (κ2) is 8.49. The molecule has 114 valence electrons. The van der Waals surface area contributed by atoms with E-state index < -0.39 is 6.04 Å². The molecular formula is C17H19N3O2. The zero-order valence-corrected chi connectivity index (χ0v) is 13.0. The highest BCUT2D eigenvalue weighted by atomic mass is 16.5. The van der Waals surface area contributed by atoms with Crippen molar-refractivity contribution < 1.29 is 9.53 Å². The standard InChI is InChI=1S/C17H19N3O2/c1-4-14-6-8-16(9-7-15(10-18)11-19)20(12-14)13(3)17(21)22-5-2/h6-9,12-13H,4-5H2,1-3H3/b16-9+. The van der Waals surface area contributed by atoms with E-state index in [4.69, 9.17) is 15.3 Å². The van der Waals surface area contributed by atoms with E-state index in [1.54, 1.807) is 37.0 Å². The summed E-state index contributed by atoms with van der Waals surface area (Å²) in [6, 6.07) is 3.12. The number of carbonyl (C=O) groups excluding carboxylic acids is 1. The van der Waals surface area contributed by atoms with Crippen LogP contribution >= 0.6 is 0 Å². The van der Waals surface area contributed by atoms with Crippen LogP contribution in [0, 0.1) is 22.7 Å². The second-order valence-electron chi connectivity index (χ2n) is 4.62. The first kappa shape index (κ1) is 17.3. The number of ether oxygens (including phenoxy) is 1. The zero-order chi connectivity index (χ0) is 16.5. The predicted octanol–water partition coefficient (Wildman–Crippen LogP) is 2.96. The van der Waals surface area contributed by atoms with Gasteiger partial charge in [0, 0.05) is 11.9 Å². The summed E-state index contributed by atoms with van der Waals surface area (Å²) in [6.45, 7) is 5.87. The van der Waals surface area contributed by atoms with E-state index in [1.165, 1.54) is 6.08 Å². The van der Waals surface area contributed by atoms with Crippen molar-refractivity contribution in [3.8, 4) is 12.1 Å². The van der Waals surface area contributed by atoms with Crippen molar-refractivity contribution in [1.82, 2.24) is 4.90 Å². The van der Waals surface area contributed by atoms with E-state index >= 15 is 0 Å². The van der Waals surface area contributed by atoms with Crippen molar-refractivity contribution in [1.29, 1.82) is 10.5 Å². The van der Waals surface area contributed by atoms with E-state index in [1.807, 2.05) is 25.3 Å². The molecule has 1 aliphatic heterocycles. The van der Waals surface area contributed by atoms with Gasteiger partial charge in [-0.2, -0.15) is 10.5 Å². The van der Waals surface area contributed by atoms with Crippen molar-refractivity contribution in [2.24, 2.45) is 0 Å². The Morgan fingerprint density at radius 1 is 1.36 bits per heavy atom. The molecule has 0 aromatic rings. The third-order valence-corrected chi connectivity index (χ3v) is 3.19. The van der Waals surface area contributed by atoms with Gasteiger partial charge in [-0.15, -0.1) is 0 Å². The van der Waals surface area contributed by atoms with Crippen LogP contribution in [0.4, 0.5) is 0 Å². The first-order valence-electron chi connectivity index (χ1n) is 7.13. The summed E-state index contributed by atoms with van der Waals surface area (Å²) in [5.41, 5.74) is 1.81. The maximum Gasteiger partial charge on any atom is 0.328 e. The first-order chi connectivity index (χ1) is 10.6. The lowest BCUT2D eigenvalue weighted by atomic mass is 10.1. The molecule has 1 heterocycles. The number of hydrogen-bond donors (Lipinski definition) is 0. The van der Waals surface area contributed by atoms with Gasteiger partial charge in [0.2, 0.25) is 0 Å². The van der Waals surface area contributed by atoms with Gasteiger partial charge in [-0.3, -0.25) is 0 Å². The summed E-state index contributed by atoms with van der Waals surface area (Å²) in [5.74, 6) is -0.319. The summed E-state index contributed by atoms with van der Waals surface area (Å²) in [6.07, 6.45) is 9.63. The van der Waals surface area contributed by atoms with Crippen LogP contribution in [0.2, 0.25) is 0 Å². The number of esters is 1. The highest BCUT2D eigenvalue weighted by Crippen LogP contribution is 2.22. The van der Waals surface area contributed by atoms with E-state index in [-0.39, 0.29) is 11.5 Å². The molecule has 0 radical (unpaired) electrons. The zero-order valence-electron chi connectivity index (χ0n) is 13.0. The molecule has 0 spiro atoms. The second-order valence-corrected chi connectivity index (χ2v) is 4.62. The normalized spacial score (nSPS) is 16.3. The highest BCUT2D eigenvalue weighted by molar-refractivity contribution is 5.76. The summed E-state index contributed by atoms with van der Waals surface area (Å²) in [5, 5.41) is 17.6. The number of allylic oxidation sites excluding steroid dienone is 6. The third kappa shape index (κ3) is 4.36. The largest absolute Gasteiger partial charge is 0.464 e. The fourth-order valence-corrected chi connectivity index (χ4v) is 1.91. The van der Waals surface area contributed by atoms with Crippen molar-refractivity contribution in [3.05, 3.63) is 47.3 Å². The molecule has 0 saturated heterocycles. The molecule has 0 aromatic carbocycles.